The summed E-state index contributed by atoms with van der Waals surface area (Å²) in [5, 5.41) is 0. The molecular weight excluding hydrogens is 326 g/mol. The highest BCUT2D eigenvalue weighted by Crippen LogP contribution is 2.31. The topological polar surface area (TPSA) is 92.5 Å². The fraction of sp³-hybridized carbons (Fsp3) is 0.588. The Morgan fingerprint density at radius 2 is 1.71 bits per heavy atom. The van der Waals surface area contributed by atoms with Crippen LogP contribution in [0.5, 0.6) is 0 Å². The average molecular weight is 353 g/mol. The molecule has 7 heteroatoms. The van der Waals surface area contributed by atoms with Crippen LogP contribution in [0.2, 0.25) is 0 Å². The van der Waals surface area contributed by atoms with Gasteiger partial charge in [0.15, 0.2) is 0 Å². The molecule has 6 nitrogen and oxygen atoms in total. The molecule has 0 bridgehead atoms. The Morgan fingerprint density at radius 1 is 1.17 bits per heavy atom. The van der Waals surface area contributed by atoms with E-state index in [4.69, 9.17) is 5.84 Å². The molecule has 1 fully saturated rings. The van der Waals surface area contributed by atoms with Gasteiger partial charge < -0.3 is 0 Å². The van der Waals surface area contributed by atoms with Gasteiger partial charge in [0.25, 0.3) is 0 Å². The molecule has 0 radical (unpaired) electrons. The maximum Gasteiger partial charge on any atom is 0.249 e. The number of nitrogens with one attached hydrogen (secondary N) is 1. The van der Waals surface area contributed by atoms with E-state index in [1.54, 1.807) is 13.8 Å². The Hall–Kier alpha value is -1.44. The second kappa shape index (κ2) is 7.63. The van der Waals surface area contributed by atoms with Crippen molar-refractivity contribution in [3.05, 3.63) is 28.8 Å². The maximum atomic E-state index is 13.3. The van der Waals surface area contributed by atoms with Crippen LogP contribution in [0.3, 0.4) is 0 Å². The molecule has 1 amide bonds. The number of amides is 1. The molecule has 0 spiro atoms. The van der Waals surface area contributed by atoms with E-state index in [1.807, 2.05) is 19.1 Å². The van der Waals surface area contributed by atoms with Gasteiger partial charge in [-0.05, 0) is 44.7 Å². The normalized spacial score (nSPS) is 16.4. The van der Waals surface area contributed by atoms with E-state index in [0.29, 0.717) is 16.0 Å². The van der Waals surface area contributed by atoms with Crippen LogP contribution < -0.4 is 11.3 Å². The van der Waals surface area contributed by atoms with E-state index in [2.05, 4.69) is 5.43 Å². The molecule has 0 aliphatic heterocycles. The number of sulfonamides is 1. The lowest BCUT2D eigenvalue weighted by Crippen LogP contribution is -2.48. The Kier molecular flexibility index (Phi) is 6.01. The highest BCUT2D eigenvalue weighted by molar-refractivity contribution is 7.89. The maximum absolute atomic E-state index is 13.3. The first-order valence-corrected chi connectivity index (χ1v) is 9.80. The zero-order valence-corrected chi connectivity index (χ0v) is 15.4. The third-order valence-electron chi connectivity index (χ3n) is 4.61. The quantitative estimate of drug-likeness (QED) is 0.480. The minimum absolute atomic E-state index is 0.152. The van der Waals surface area contributed by atoms with Crippen molar-refractivity contribution in [1.29, 1.82) is 0 Å². The predicted molar refractivity (Wildman–Crippen MR) is 93.7 cm³/mol. The molecule has 1 aromatic rings. The summed E-state index contributed by atoms with van der Waals surface area (Å²) in [7, 11) is -3.77. The number of hydrazine groups is 1. The van der Waals surface area contributed by atoms with Crippen LogP contribution in [-0.4, -0.2) is 31.2 Å². The van der Waals surface area contributed by atoms with Crippen LogP contribution in [0, 0.1) is 20.8 Å². The number of hydrogen-bond donors (Lipinski definition) is 2. The molecule has 1 aliphatic rings. The number of aryl methyl sites for hydroxylation is 3. The molecule has 1 aromatic carbocycles. The predicted octanol–water partition coefficient (Wildman–Crippen LogP) is 1.93. The van der Waals surface area contributed by atoms with E-state index in [-0.39, 0.29) is 12.6 Å². The lowest BCUT2D eigenvalue weighted by atomic mass is 9.95. The summed E-state index contributed by atoms with van der Waals surface area (Å²) < 4.78 is 28.0. The largest absolute Gasteiger partial charge is 0.293 e. The monoisotopic (exact) mass is 353 g/mol. The number of carbonyl (C=O) groups is 1. The standard InChI is InChI=1S/C17H27N3O3S/c1-12-9-13(2)17(14(3)10-12)24(22,23)20(11-16(21)19-18)15-7-5-4-6-8-15/h9-10,15H,4-8,11,18H2,1-3H3,(H,19,21). The molecule has 0 saturated heterocycles. The van der Waals surface area contributed by atoms with Crippen LogP contribution in [0.25, 0.3) is 0 Å². The summed E-state index contributed by atoms with van der Waals surface area (Å²) in [6.45, 7) is 5.30. The van der Waals surface area contributed by atoms with Gasteiger partial charge in [-0.15, -0.1) is 0 Å². The van der Waals surface area contributed by atoms with Crippen LogP contribution in [0.1, 0.15) is 48.8 Å². The molecule has 3 N–H and O–H groups in total. The van der Waals surface area contributed by atoms with E-state index >= 15 is 0 Å². The number of carbonyl (C=O) groups excluding carboxylic acids is 1. The third kappa shape index (κ3) is 3.96. The number of benzene rings is 1. The van der Waals surface area contributed by atoms with Gasteiger partial charge in [-0.3, -0.25) is 10.2 Å². The van der Waals surface area contributed by atoms with Gasteiger partial charge in [0.2, 0.25) is 15.9 Å². The van der Waals surface area contributed by atoms with E-state index in [9.17, 15) is 13.2 Å². The third-order valence-corrected chi connectivity index (χ3v) is 6.82. The summed E-state index contributed by atoms with van der Waals surface area (Å²) in [5.74, 6) is 4.70. The summed E-state index contributed by atoms with van der Waals surface area (Å²) in [5.41, 5.74) is 4.49. The SMILES string of the molecule is Cc1cc(C)c(S(=O)(=O)N(CC(=O)NN)C2CCCCC2)c(C)c1. The molecule has 0 aromatic heterocycles. The minimum Gasteiger partial charge on any atom is -0.293 e. The van der Waals surface area contributed by atoms with Gasteiger partial charge in [0.1, 0.15) is 0 Å². The molecule has 1 saturated carbocycles. The van der Waals surface area contributed by atoms with Gasteiger partial charge in [-0.1, -0.05) is 37.0 Å². The number of nitrogens with two attached hydrogens (primary N) is 1. The van der Waals surface area contributed by atoms with Gasteiger partial charge in [-0.25, -0.2) is 14.3 Å². The lowest BCUT2D eigenvalue weighted by Gasteiger charge is -2.33. The molecule has 24 heavy (non-hydrogen) atoms. The van der Waals surface area contributed by atoms with Crippen LogP contribution >= 0.6 is 0 Å². The summed E-state index contributed by atoms with van der Waals surface area (Å²) in [6, 6.07) is 3.57. The summed E-state index contributed by atoms with van der Waals surface area (Å²) in [4.78, 5) is 12.1. The molecule has 1 aliphatic carbocycles. The van der Waals surface area contributed by atoms with Crippen molar-refractivity contribution >= 4 is 15.9 Å². The van der Waals surface area contributed by atoms with Crippen molar-refractivity contribution in [2.24, 2.45) is 5.84 Å². The van der Waals surface area contributed by atoms with Crippen LogP contribution in [-0.2, 0) is 14.8 Å². The molecule has 134 valence electrons. The molecule has 0 atom stereocenters. The zero-order chi connectivity index (χ0) is 17.9. The second-order valence-corrected chi connectivity index (χ2v) is 8.46. The first kappa shape index (κ1) is 18.9. The smallest absolute Gasteiger partial charge is 0.249 e. The molecule has 0 heterocycles. The summed E-state index contributed by atoms with van der Waals surface area (Å²) in [6.07, 6.45) is 4.62. The van der Waals surface area contributed by atoms with Crippen molar-refractivity contribution in [3.8, 4) is 0 Å². The Balaban J connectivity index is 2.48. The van der Waals surface area contributed by atoms with E-state index < -0.39 is 15.9 Å². The summed E-state index contributed by atoms with van der Waals surface area (Å²) >= 11 is 0. The van der Waals surface area contributed by atoms with Gasteiger partial charge >= 0.3 is 0 Å². The van der Waals surface area contributed by atoms with Crippen molar-refractivity contribution < 1.29 is 13.2 Å². The van der Waals surface area contributed by atoms with E-state index in [0.717, 1.165) is 37.7 Å². The first-order chi connectivity index (χ1) is 11.3. The Labute approximate surface area is 144 Å². The van der Waals surface area contributed by atoms with E-state index in [1.165, 1.54) is 4.31 Å². The number of hydrogen-bond acceptors (Lipinski definition) is 4. The Morgan fingerprint density at radius 3 is 2.21 bits per heavy atom. The fourth-order valence-corrected chi connectivity index (χ4v) is 5.71. The lowest BCUT2D eigenvalue weighted by molar-refractivity contribution is -0.121. The number of nitrogens with zero attached hydrogens (tertiary/aromatic N) is 1. The van der Waals surface area contributed by atoms with Crippen LogP contribution in [0.4, 0.5) is 0 Å². The Bertz CT molecular complexity index is 687. The van der Waals surface area contributed by atoms with Crippen molar-refractivity contribution in [2.75, 3.05) is 6.54 Å². The first-order valence-electron chi connectivity index (χ1n) is 8.36. The molecular formula is C17H27N3O3S. The molecule has 0 unspecified atom stereocenters. The molecule has 2 rings (SSSR count). The fourth-order valence-electron chi connectivity index (χ4n) is 3.66. The van der Waals surface area contributed by atoms with Crippen molar-refractivity contribution in [2.45, 2.75) is 63.8 Å². The number of rotatable bonds is 5. The second-order valence-electron chi connectivity index (χ2n) is 6.64. The van der Waals surface area contributed by atoms with Crippen molar-refractivity contribution in [1.82, 2.24) is 9.73 Å². The van der Waals surface area contributed by atoms with Crippen molar-refractivity contribution in [3.63, 3.8) is 0 Å². The van der Waals surface area contributed by atoms with Crippen LogP contribution in [0.15, 0.2) is 17.0 Å². The average Bonchev–Trinajstić information content (AvgIpc) is 2.51. The highest BCUT2D eigenvalue weighted by atomic mass is 32.2. The van der Waals surface area contributed by atoms with Gasteiger partial charge in [0, 0.05) is 6.04 Å². The highest BCUT2D eigenvalue weighted by Gasteiger charge is 2.35. The van der Waals surface area contributed by atoms with Gasteiger partial charge in [-0.2, -0.15) is 4.31 Å². The zero-order valence-electron chi connectivity index (χ0n) is 14.6. The minimum atomic E-state index is -3.77. The van der Waals surface area contributed by atoms with Gasteiger partial charge in [0.05, 0.1) is 11.4 Å².